The molecule has 0 fully saturated rings. The minimum Gasteiger partial charge on any atom is -0.312 e. The fourth-order valence-corrected chi connectivity index (χ4v) is 2.14. The summed E-state index contributed by atoms with van der Waals surface area (Å²) in [4.78, 5) is 0. The molecule has 0 saturated carbocycles. The number of hydrogen-bond acceptors (Lipinski definition) is 3. The van der Waals surface area contributed by atoms with Crippen LogP contribution >= 0.6 is 27.7 Å². The van der Waals surface area contributed by atoms with Crippen molar-refractivity contribution < 1.29 is 0 Å². The average Bonchev–Trinajstić information content (AvgIpc) is 2.63. The highest BCUT2D eigenvalue weighted by Gasteiger charge is 2.02. The summed E-state index contributed by atoms with van der Waals surface area (Å²) in [5, 5.41) is 7.65. The molecule has 0 bridgehead atoms. The minimum atomic E-state index is 0.415. The van der Waals surface area contributed by atoms with E-state index in [-0.39, 0.29) is 0 Å². The van der Waals surface area contributed by atoms with Crippen molar-refractivity contribution >= 4 is 27.7 Å². The van der Waals surface area contributed by atoms with Crippen LogP contribution in [0.5, 0.6) is 0 Å². The number of aromatic nitrogens is 2. The molecule has 0 aliphatic rings. The lowest BCUT2D eigenvalue weighted by Gasteiger charge is -2.13. The fourth-order valence-electron chi connectivity index (χ4n) is 1.29. The zero-order valence-corrected chi connectivity index (χ0v) is 11.7. The van der Waals surface area contributed by atoms with Gasteiger partial charge in [-0.05, 0) is 22.9 Å². The van der Waals surface area contributed by atoms with Gasteiger partial charge >= 0.3 is 0 Å². The Kier molecular flexibility index (Phi) is 6.62. The van der Waals surface area contributed by atoms with E-state index in [4.69, 9.17) is 6.42 Å². The monoisotopic (exact) mass is 301 g/mol. The van der Waals surface area contributed by atoms with Crippen LogP contribution in [0.15, 0.2) is 16.9 Å². The molecule has 1 N–H and O–H groups in total. The Hall–Kier alpha value is -0.440. The summed E-state index contributed by atoms with van der Waals surface area (Å²) in [6.07, 6.45) is 8.95. The predicted octanol–water partition coefficient (Wildman–Crippen LogP) is 1.99. The molecule has 0 amide bonds. The molecule has 1 atom stereocenters. The van der Waals surface area contributed by atoms with Crippen LogP contribution < -0.4 is 5.32 Å². The zero-order chi connectivity index (χ0) is 11.8. The summed E-state index contributed by atoms with van der Waals surface area (Å²) in [6.45, 7) is 4.02. The molecule has 1 aromatic heterocycles. The maximum absolute atomic E-state index is 5.17. The fraction of sp³-hybridized carbons (Fsp3) is 0.545. The lowest BCUT2D eigenvalue weighted by Crippen LogP contribution is -2.32. The number of halogens is 1. The second-order valence-corrected chi connectivity index (χ2v) is 5.51. The van der Waals surface area contributed by atoms with Crippen molar-refractivity contribution in [2.24, 2.45) is 0 Å². The third-order valence-corrected chi connectivity index (χ3v) is 3.26. The molecule has 16 heavy (non-hydrogen) atoms. The number of thioether (sulfide) groups is 1. The van der Waals surface area contributed by atoms with Gasteiger partial charge in [-0.15, -0.1) is 18.2 Å². The Morgan fingerprint density at radius 2 is 2.56 bits per heavy atom. The van der Waals surface area contributed by atoms with Crippen molar-refractivity contribution in [2.45, 2.75) is 19.5 Å². The summed E-state index contributed by atoms with van der Waals surface area (Å²) in [5.41, 5.74) is 0. The number of rotatable bonds is 7. The van der Waals surface area contributed by atoms with Crippen LogP contribution in [0.3, 0.4) is 0 Å². The van der Waals surface area contributed by atoms with Crippen molar-refractivity contribution in [1.82, 2.24) is 15.1 Å². The second-order valence-electron chi connectivity index (χ2n) is 3.49. The van der Waals surface area contributed by atoms with Gasteiger partial charge < -0.3 is 5.32 Å². The quantitative estimate of drug-likeness (QED) is 0.617. The van der Waals surface area contributed by atoms with E-state index in [0.29, 0.717) is 6.04 Å². The van der Waals surface area contributed by atoms with Gasteiger partial charge in [0, 0.05) is 24.5 Å². The highest BCUT2D eigenvalue weighted by Crippen LogP contribution is 2.06. The molecule has 1 aromatic rings. The van der Waals surface area contributed by atoms with E-state index in [1.54, 1.807) is 18.0 Å². The number of terminal acetylenes is 1. The maximum atomic E-state index is 5.17. The van der Waals surface area contributed by atoms with Crippen molar-refractivity contribution in [3.63, 3.8) is 0 Å². The smallest absolute Gasteiger partial charge is 0.0632 e. The van der Waals surface area contributed by atoms with Gasteiger partial charge in [-0.3, -0.25) is 4.68 Å². The molecule has 0 spiro atoms. The van der Waals surface area contributed by atoms with Gasteiger partial charge in [0.1, 0.15) is 0 Å². The molecule has 0 radical (unpaired) electrons. The summed E-state index contributed by atoms with van der Waals surface area (Å²) < 4.78 is 2.94. The molecular formula is C11H16BrN3S. The van der Waals surface area contributed by atoms with E-state index in [1.165, 1.54) is 0 Å². The van der Waals surface area contributed by atoms with Crippen molar-refractivity contribution in [3.05, 3.63) is 16.9 Å². The summed E-state index contributed by atoms with van der Waals surface area (Å²) in [7, 11) is 0. The van der Waals surface area contributed by atoms with Gasteiger partial charge in [-0.2, -0.15) is 5.10 Å². The predicted molar refractivity (Wildman–Crippen MR) is 73.5 cm³/mol. The van der Waals surface area contributed by atoms with Gasteiger partial charge in [0.15, 0.2) is 0 Å². The largest absolute Gasteiger partial charge is 0.312 e. The third kappa shape index (κ3) is 5.59. The first-order valence-electron chi connectivity index (χ1n) is 5.15. The molecule has 1 unspecified atom stereocenters. The Morgan fingerprint density at radius 1 is 1.75 bits per heavy atom. The van der Waals surface area contributed by atoms with Gasteiger partial charge in [0.2, 0.25) is 0 Å². The molecule has 0 aliphatic heterocycles. The number of nitrogens with one attached hydrogen (secondary N) is 1. The SMILES string of the molecule is C#CCSCCNC(C)Cn1cc(Br)cn1. The second kappa shape index (κ2) is 7.77. The first-order chi connectivity index (χ1) is 7.72. The van der Waals surface area contributed by atoms with E-state index in [0.717, 1.165) is 29.1 Å². The Labute approximate surface area is 109 Å². The Balaban J connectivity index is 2.11. The van der Waals surface area contributed by atoms with Crippen LogP contribution in [0.1, 0.15) is 6.92 Å². The molecule has 0 aliphatic carbocycles. The van der Waals surface area contributed by atoms with E-state index < -0.39 is 0 Å². The van der Waals surface area contributed by atoms with Gasteiger partial charge in [0.25, 0.3) is 0 Å². The molecule has 5 heteroatoms. The highest BCUT2D eigenvalue weighted by molar-refractivity contribution is 9.10. The summed E-state index contributed by atoms with van der Waals surface area (Å²) in [6, 6.07) is 0.415. The molecule has 1 rings (SSSR count). The van der Waals surface area contributed by atoms with E-state index in [9.17, 15) is 0 Å². The van der Waals surface area contributed by atoms with Gasteiger partial charge in [-0.25, -0.2) is 0 Å². The van der Waals surface area contributed by atoms with Crippen molar-refractivity contribution in [3.8, 4) is 12.3 Å². The minimum absolute atomic E-state index is 0.415. The van der Waals surface area contributed by atoms with Crippen molar-refractivity contribution in [2.75, 3.05) is 18.1 Å². The summed E-state index contributed by atoms with van der Waals surface area (Å²) >= 11 is 5.15. The van der Waals surface area contributed by atoms with Crippen LogP contribution in [0, 0.1) is 12.3 Å². The molecule has 0 aromatic carbocycles. The highest BCUT2D eigenvalue weighted by atomic mass is 79.9. The lowest BCUT2D eigenvalue weighted by atomic mass is 10.3. The molecule has 3 nitrogen and oxygen atoms in total. The standard InChI is InChI=1S/C11H16BrN3S/c1-3-5-16-6-4-13-10(2)8-15-9-11(12)7-14-15/h1,7,9-10,13H,4-6,8H2,2H3. The molecular weight excluding hydrogens is 286 g/mol. The van der Waals surface area contributed by atoms with Gasteiger partial charge in [-0.1, -0.05) is 5.92 Å². The van der Waals surface area contributed by atoms with Crippen LogP contribution in [-0.2, 0) is 6.54 Å². The van der Waals surface area contributed by atoms with E-state index in [1.807, 2.05) is 10.9 Å². The lowest BCUT2D eigenvalue weighted by molar-refractivity contribution is 0.462. The van der Waals surface area contributed by atoms with E-state index in [2.05, 4.69) is 39.2 Å². The van der Waals surface area contributed by atoms with E-state index >= 15 is 0 Å². The van der Waals surface area contributed by atoms with Crippen LogP contribution in [0.4, 0.5) is 0 Å². The number of hydrogen-bond donors (Lipinski definition) is 1. The normalized spacial score (nSPS) is 12.3. The van der Waals surface area contributed by atoms with Crippen molar-refractivity contribution in [1.29, 1.82) is 0 Å². The van der Waals surface area contributed by atoms with Crippen LogP contribution in [0.2, 0.25) is 0 Å². The molecule has 88 valence electrons. The maximum Gasteiger partial charge on any atom is 0.0632 e. The Bertz CT molecular complexity index is 345. The first-order valence-corrected chi connectivity index (χ1v) is 7.09. The first kappa shape index (κ1) is 13.6. The van der Waals surface area contributed by atoms with Crippen LogP contribution in [-0.4, -0.2) is 33.9 Å². The third-order valence-electron chi connectivity index (χ3n) is 1.99. The molecule has 0 saturated heterocycles. The van der Waals surface area contributed by atoms with Gasteiger partial charge in [0.05, 0.1) is 23.0 Å². The average molecular weight is 302 g/mol. The molecule has 1 heterocycles. The van der Waals surface area contributed by atoms with Crippen LogP contribution in [0.25, 0.3) is 0 Å². The Morgan fingerprint density at radius 3 is 3.19 bits per heavy atom. The zero-order valence-electron chi connectivity index (χ0n) is 9.32. The summed E-state index contributed by atoms with van der Waals surface area (Å²) in [5.74, 6) is 4.46. The topological polar surface area (TPSA) is 29.9 Å². The number of nitrogens with zero attached hydrogens (tertiary/aromatic N) is 2.